The molecule has 112 valence electrons. The zero-order chi connectivity index (χ0) is 15.7. The summed E-state index contributed by atoms with van der Waals surface area (Å²) in [5.41, 5.74) is 5.23. The summed E-state index contributed by atoms with van der Waals surface area (Å²) in [5.74, 6) is 0. The van der Waals surface area contributed by atoms with E-state index >= 15 is 0 Å². The largest absolute Gasteiger partial charge is 0.208 e. The van der Waals surface area contributed by atoms with Gasteiger partial charge in [0.15, 0.2) is 0 Å². The Hall–Kier alpha value is 0.367. The fraction of sp³-hybridized carbons (Fsp3) is 0.375. The van der Waals surface area contributed by atoms with Gasteiger partial charge < -0.3 is 0 Å². The van der Waals surface area contributed by atoms with Crippen LogP contribution in [0.15, 0.2) is 36.4 Å². The number of halogens is 2. The first-order chi connectivity index (χ1) is 9.22. The van der Waals surface area contributed by atoms with Crippen LogP contribution in [0.1, 0.15) is 22.3 Å². The Bertz CT molecular complexity index is 449. The third-order valence-corrected chi connectivity index (χ3v) is 30.0. The smallest absolute Gasteiger partial charge is 0.0635 e. The molecule has 0 aromatic heterocycles. The number of hydrogen-bond donors (Lipinski definition) is 0. The number of aryl methyl sites for hydroxylation is 4. The maximum absolute atomic E-state index is 5.64. The van der Waals surface area contributed by atoms with E-state index in [-0.39, 0.29) is 5.49 Å². The molecule has 0 bridgehead atoms. The average Bonchev–Trinajstić information content (AvgIpc) is 2.89. The zero-order valence-corrected chi connectivity index (χ0v) is 19.3. The van der Waals surface area contributed by atoms with Crippen molar-refractivity contribution in [3.8, 4) is 0 Å². The Morgan fingerprint density at radius 2 is 1.15 bits per heavy atom. The molecular weight excluding hydrogens is 470 g/mol. The summed E-state index contributed by atoms with van der Waals surface area (Å²) < 4.78 is 0. The van der Waals surface area contributed by atoms with Crippen molar-refractivity contribution >= 4 is 22.6 Å². The van der Waals surface area contributed by atoms with Gasteiger partial charge in [0, 0.05) is 0 Å². The molecule has 0 aliphatic rings. The van der Waals surface area contributed by atoms with E-state index in [0.29, 0.717) is 0 Å². The van der Waals surface area contributed by atoms with Crippen LogP contribution >= 0.6 is 17.2 Å². The van der Waals surface area contributed by atoms with Crippen LogP contribution in [0.25, 0.3) is 0 Å². The maximum Gasteiger partial charge on any atom is -0.0635 e. The average molecular weight is 494 g/mol. The van der Waals surface area contributed by atoms with Crippen LogP contribution in [0.3, 0.4) is 0 Å². The van der Waals surface area contributed by atoms with Crippen molar-refractivity contribution in [3.63, 3.8) is 0 Å². The van der Waals surface area contributed by atoms with Crippen molar-refractivity contribution in [2.45, 2.75) is 40.8 Å². The Kier molecular flexibility index (Phi) is 11.2. The van der Waals surface area contributed by atoms with E-state index in [4.69, 9.17) is 17.2 Å². The Morgan fingerprint density at radius 3 is 1.20 bits per heavy atom. The predicted molar refractivity (Wildman–Crippen MR) is 92.2 cm³/mol. The van der Waals surface area contributed by atoms with Gasteiger partial charge in [0.05, 0.1) is 0 Å². The number of hydrogen-bond acceptors (Lipinski definition) is 0. The molecular formula is C16H24Cl2HfSi-2. The van der Waals surface area contributed by atoms with Crippen molar-refractivity contribution in [1.82, 2.24) is 0 Å². The second-order valence-corrected chi connectivity index (χ2v) is 36.9. The van der Waals surface area contributed by atoms with Gasteiger partial charge in [0.2, 0.25) is 0 Å². The topological polar surface area (TPSA) is 0 Å². The molecule has 0 radical (unpaired) electrons. The van der Waals surface area contributed by atoms with Gasteiger partial charge in [-0.3, -0.25) is 0 Å². The Labute approximate surface area is 139 Å². The van der Waals surface area contributed by atoms with Gasteiger partial charge in [-0.1, -0.05) is 27.7 Å². The summed E-state index contributed by atoms with van der Waals surface area (Å²) in [4.78, 5) is 0. The molecule has 4 heteroatoms. The molecule has 0 spiro atoms. The van der Waals surface area contributed by atoms with Crippen LogP contribution in [-0.2, 0) is 17.7 Å². The van der Waals surface area contributed by atoms with Crippen molar-refractivity contribution in [3.05, 3.63) is 58.7 Å². The summed E-state index contributed by atoms with van der Waals surface area (Å²) in [7, 11) is 11.3. The monoisotopic (exact) mass is 494 g/mol. The Morgan fingerprint density at radius 1 is 0.850 bits per heavy atom. The Balaban J connectivity index is 0.000000272. The minimum absolute atomic E-state index is 0.208. The molecule has 0 atom stereocenters. The maximum atomic E-state index is 5.64. The molecule has 2 aromatic carbocycles. The van der Waals surface area contributed by atoms with Crippen LogP contribution in [0, 0.1) is 27.7 Å². The van der Waals surface area contributed by atoms with Crippen molar-refractivity contribution in [2.75, 3.05) is 0 Å². The molecule has 0 fully saturated rings. The third kappa shape index (κ3) is 11.1. The molecule has 0 amide bonds. The molecule has 0 unspecified atom stereocenters. The van der Waals surface area contributed by atoms with E-state index < -0.39 is 17.7 Å². The summed E-state index contributed by atoms with van der Waals surface area (Å²) in [6.45, 7) is 12.8. The third-order valence-electron chi connectivity index (χ3n) is 2.51. The van der Waals surface area contributed by atoms with Gasteiger partial charge >= 0.3 is 53.4 Å². The summed E-state index contributed by atoms with van der Waals surface area (Å²) >= 11 is -1.78. The summed E-state index contributed by atoms with van der Waals surface area (Å²) in [6.07, 6.45) is 0. The van der Waals surface area contributed by atoms with Crippen LogP contribution < -0.4 is 0 Å². The summed E-state index contributed by atoms with van der Waals surface area (Å²) in [5, 5.41) is 0. The molecule has 0 aliphatic heterocycles. The minimum atomic E-state index is -1.78. The normalized spacial score (nSPS) is 9.00. The summed E-state index contributed by atoms with van der Waals surface area (Å²) in [6, 6.07) is 12.8. The minimum Gasteiger partial charge on any atom is -0.208 e. The van der Waals surface area contributed by atoms with Crippen molar-refractivity contribution in [2.24, 2.45) is 0 Å². The molecule has 0 saturated heterocycles. The van der Waals surface area contributed by atoms with Crippen LogP contribution in [0.2, 0.25) is 13.1 Å². The van der Waals surface area contributed by atoms with Gasteiger partial charge in [-0.25, -0.2) is 23.3 Å². The van der Waals surface area contributed by atoms with Crippen LogP contribution in [0.5, 0.6) is 0 Å². The first-order valence-electron chi connectivity index (χ1n) is 6.60. The molecule has 2 aromatic rings. The van der Waals surface area contributed by atoms with Gasteiger partial charge in [0.1, 0.15) is 0 Å². The van der Waals surface area contributed by atoms with E-state index in [9.17, 15) is 0 Å². The van der Waals surface area contributed by atoms with Crippen LogP contribution in [-0.4, -0.2) is 5.49 Å². The second kappa shape index (κ2) is 11.0. The van der Waals surface area contributed by atoms with Crippen molar-refractivity contribution < 1.29 is 17.7 Å². The fourth-order valence-electron chi connectivity index (χ4n) is 1.44. The quantitative estimate of drug-likeness (QED) is 0.302. The number of rotatable bonds is 0. The van der Waals surface area contributed by atoms with Gasteiger partial charge in [-0.2, -0.15) is 35.4 Å². The molecule has 0 saturated carbocycles. The molecule has 0 aliphatic carbocycles. The molecule has 0 heterocycles. The van der Waals surface area contributed by atoms with E-state index in [2.05, 4.69) is 77.2 Å². The fourth-order valence-corrected chi connectivity index (χ4v) is 1.44. The SMILES string of the molecule is C[Si](C)=[Hf]([Cl])[Cl].Cc1c[cH-]c(C)c1.Cc1c[cH-]c(C)c1. The van der Waals surface area contributed by atoms with Gasteiger partial charge in [0.25, 0.3) is 0 Å². The van der Waals surface area contributed by atoms with E-state index in [1.165, 1.54) is 22.3 Å². The molecule has 2 rings (SSSR count). The first-order valence-corrected chi connectivity index (χ1v) is 23.4. The van der Waals surface area contributed by atoms with Crippen molar-refractivity contribution in [1.29, 1.82) is 0 Å². The molecule has 20 heavy (non-hydrogen) atoms. The van der Waals surface area contributed by atoms with E-state index in [0.717, 1.165) is 0 Å². The second-order valence-electron chi connectivity index (χ2n) is 5.19. The molecule has 0 N–H and O–H groups in total. The van der Waals surface area contributed by atoms with Gasteiger partial charge in [-0.05, 0) is 0 Å². The van der Waals surface area contributed by atoms with E-state index in [1.54, 1.807) is 0 Å². The van der Waals surface area contributed by atoms with E-state index in [1.807, 2.05) is 0 Å². The van der Waals surface area contributed by atoms with Gasteiger partial charge in [-0.15, -0.1) is 0 Å². The standard InChI is InChI=1S/2C7H9.C2H6Si.2ClH.Hf/c2*1-6-3-4-7(2)5-6;1-3-2;;;/h2*3-5H,1-2H3;1-2H3;2*1H;/q2*-1;;;;+2/p-2. The first kappa shape index (κ1) is 20.4. The van der Waals surface area contributed by atoms with Crippen LogP contribution in [0.4, 0.5) is 0 Å². The predicted octanol–water partition coefficient (Wildman–Crippen LogP) is 6.21. The molecule has 0 nitrogen and oxygen atoms in total. The zero-order valence-electron chi connectivity index (χ0n) is 13.2.